The molecule has 4 rings (SSSR count). The molecule has 2 heterocycles. The summed E-state index contributed by atoms with van der Waals surface area (Å²) in [4.78, 5) is 22.0. The highest BCUT2D eigenvalue weighted by Gasteiger charge is 2.28. The molecule has 2 N–H and O–H groups in total. The molecule has 2 aromatic carbocycles. The Bertz CT molecular complexity index is 1810. The summed E-state index contributed by atoms with van der Waals surface area (Å²) in [5, 5.41) is 15.6. The van der Waals surface area contributed by atoms with Crippen molar-refractivity contribution in [2.75, 3.05) is 41.0 Å². The summed E-state index contributed by atoms with van der Waals surface area (Å²) in [6.07, 6.45) is 6.71. The topological polar surface area (TPSA) is 144 Å². The highest BCUT2D eigenvalue weighted by Crippen LogP contribution is 2.35. The maximum Gasteiger partial charge on any atom is 0.328 e. The number of aryl methyl sites for hydroxylation is 1. The minimum Gasteiger partial charge on any atom is -0.494 e. The summed E-state index contributed by atoms with van der Waals surface area (Å²) >= 11 is 0. The quantitative estimate of drug-likeness (QED) is 0.115. The van der Waals surface area contributed by atoms with Gasteiger partial charge >= 0.3 is 11.9 Å². The number of carbonyl (C=O) groups is 2. The molecule has 0 spiro atoms. The first-order chi connectivity index (χ1) is 22.8. The number of fused-ring (bicyclic) bond motifs is 1. The molecule has 11 nitrogen and oxygen atoms in total. The van der Waals surface area contributed by atoms with Crippen molar-refractivity contribution in [3.8, 4) is 17.2 Å². The lowest BCUT2D eigenvalue weighted by Crippen LogP contribution is -2.23. The number of hydrogen-bond donors (Lipinski definition) is 2. The lowest BCUT2D eigenvalue weighted by molar-refractivity contribution is -0.134. The molecule has 48 heavy (non-hydrogen) atoms. The Morgan fingerprint density at radius 1 is 0.938 bits per heavy atom. The molecular formula is C36H44N2O9S. The maximum absolute atomic E-state index is 13.8. The van der Waals surface area contributed by atoms with Gasteiger partial charge in [0, 0.05) is 37.6 Å². The molecule has 12 heteroatoms. The van der Waals surface area contributed by atoms with Gasteiger partial charge in [0.15, 0.2) is 11.5 Å². The first-order valence-corrected chi connectivity index (χ1v) is 16.9. The standard InChI is InChI=1S/C32H40N2O5S.C4H4O4/c1-23(2)28-22-34-18-7-9-24(3)31(34)32(28)40(35,36)27-13-11-26(12-14-27)39-20-8-17-33(4)19-16-25-10-15-29(37-5)30(21-25)38-6;5-3(6)1-2-4(7)8/h7,9-15,18,21-23H,8,16-17,19-20H2,1-6H3;1-2H,(H,5,6)(H,7,8)/b;2-1+. The van der Waals surface area contributed by atoms with Crippen LogP contribution in [-0.2, 0) is 25.8 Å². The van der Waals surface area contributed by atoms with Gasteiger partial charge in [-0.3, -0.25) is 0 Å². The van der Waals surface area contributed by atoms with E-state index in [2.05, 4.69) is 18.0 Å². The SMILES string of the molecule is COc1ccc(CCN(C)CCCOc2ccc(S(=O)(=O)c3c(C(C)C)cn4cccc(C)c34)cc2)cc1OC.O=C(O)/C=C/C(=O)O. The Morgan fingerprint density at radius 3 is 2.17 bits per heavy atom. The number of nitrogens with zero attached hydrogens (tertiary/aromatic N) is 2. The van der Waals surface area contributed by atoms with Gasteiger partial charge in [-0.25, -0.2) is 18.0 Å². The number of sulfone groups is 1. The van der Waals surface area contributed by atoms with Crippen LogP contribution in [0.5, 0.6) is 17.2 Å². The average molecular weight is 681 g/mol. The fourth-order valence-corrected chi connectivity index (χ4v) is 6.90. The first-order valence-electron chi connectivity index (χ1n) is 15.4. The lowest BCUT2D eigenvalue weighted by atomic mass is 10.1. The van der Waals surface area contributed by atoms with Gasteiger partial charge in [-0.1, -0.05) is 26.0 Å². The smallest absolute Gasteiger partial charge is 0.328 e. The predicted molar refractivity (Wildman–Crippen MR) is 183 cm³/mol. The number of likely N-dealkylation sites (N-methyl/N-ethyl adjacent to an activating group) is 1. The van der Waals surface area contributed by atoms with E-state index in [0.717, 1.165) is 54.1 Å². The summed E-state index contributed by atoms with van der Waals surface area (Å²) in [7, 11) is 1.67. The number of carboxylic acids is 2. The van der Waals surface area contributed by atoms with Crippen molar-refractivity contribution >= 4 is 27.3 Å². The molecule has 0 aliphatic carbocycles. The van der Waals surface area contributed by atoms with Gasteiger partial charge in [0.05, 0.1) is 31.2 Å². The second-order valence-electron chi connectivity index (χ2n) is 11.4. The van der Waals surface area contributed by atoms with Gasteiger partial charge in [-0.05, 0) is 91.9 Å². The number of carboxylic acid groups (broad SMARTS) is 2. The van der Waals surface area contributed by atoms with Gasteiger partial charge in [-0.2, -0.15) is 0 Å². The van der Waals surface area contributed by atoms with Crippen LogP contribution in [0.25, 0.3) is 5.52 Å². The van der Waals surface area contributed by atoms with Gasteiger partial charge in [0.2, 0.25) is 9.84 Å². The van der Waals surface area contributed by atoms with Crippen molar-refractivity contribution in [1.29, 1.82) is 0 Å². The molecule has 0 aliphatic heterocycles. The summed E-state index contributed by atoms with van der Waals surface area (Å²) in [6.45, 7) is 8.34. The number of methoxy groups -OCH3 is 2. The van der Waals surface area contributed by atoms with Crippen LogP contribution in [-0.4, -0.2) is 80.8 Å². The summed E-state index contributed by atoms with van der Waals surface area (Å²) in [5.41, 5.74) is 3.69. The van der Waals surface area contributed by atoms with E-state index in [1.165, 1.54) is 5.56 Å². The Hall–Kier alpha value is -4.81. The van der Waals surface area contributed by atoms with Gasteiger partial charge in [0.25, 0.3) is 0 Å². The van der Waals surface area contributed by atoms with Crippen molar-refractivity contribution in [3.05, 3.63) is 95.8 Å². The van der Waals surface area contributed by atoms with E-state index in [-0.39, 0.29) is 10.8 Å². The maximum atomic E-state index is 13.8. The minimum atomic E-state index is -3.71. The Kier molecular flexibility index (Phi) is 13.6. The Balaban J connectivity index is 0.000000694. The van der Waals surface area contributed by atoms with E-state index in [1.54, 1.807) is 38.5 Å². The minimum absolute atomic E-state index is 0.0730. The molecule has 0 saturated carbocycles. The number of ether oxygens (including phenoxy) is 3. The third kappa shape index (κ3) is 10.1. The predicted octanol–water partition coefficient (Wildman–Crippen LogP) is 5.88. The zero-order chi connectivity index (χ0) is 35.4. The number of rotatable bonds is 15. The fourth-order valence-electron chi connectivity index (χ4n) is 5.05. The third-order valence-corrected chi connectivity index (χ3v) is 9.42. The van der Waals surface area contributed by atoms with Crippen LogP contribution >= 0.6 is 0 Å². The van der Waals surface area contributed by atoms with Crippen LogP contribution in [0.4, 0.5) is 0 Å². The zero-order valence-electron chi connectivity index (χ0n) is 28.2. The Labute approximate surface area is 281 Å². The van der Waals surface area contributed by atoms with Crippen molar-refractivity contribution < 1.29 is 42.4 Å². The molecule has 0 unspecified atom stereocenters. The van der Waals surface area contributed by atoms with Crippen LogP contribution < -0.4 is 14.2 Å². The second kappa shape index (κ2) is 17.4. The molecule has 0 atom stereocenters. The molecule has 0 bridgehead atoms. The van der Waals surface area contributed by atoms with E-state index >= 15 is 0 Å². The number of benzene rings is 2. The summed E-state index contributed by atoms with van der Waals surface area (Å²) < 4.78 is 46.1. The lowest BCUT2D eigenvalue weighted by Gasteiger charge is -2.17. The summed E-state index contributed by atoms with van der Waals surface area (Å²) in [6, 6.07) is 16.7. The monoisotopic (exact) mass is 680 g/mol. The molecule has 0 aliphatic rings. The van der Waals surface area contributed by atoms with Crippen molar-refractivity contribution in [2.24, 2.45) is 0 Å². The molecule has 2 aromatic heterocycles. The molecule has 0 amide bonds. The molecule has 0 saturated heterocycles. The van der Waals surface area contributed by atoms with Crippen molar-refractivity contribution in [2.45, 2.75) is 49.3 Å². The number of hydrogen-bond acceptors (Lipinski definition) is 8. The molecule has 258 valence electrons. The zero-order valence-corrected chi connectivity index (χ0v) is 29.0. The van der Waals surface area contributed by atoms with Crippen LogP contribution in [0, 0.1) is 6.92 Å². The average Bonchev–Trinajstić information content (AvgIpc) is 3.48. The number of aromatic nitrogens is 1. The third-order valence-electron chi connectivity index (χ3n) is 7.56. The fraction of sp³-hybridized carbons (Fsp3) is 0.333. The van der Waals surface area contributed by atoms with Crippen LogP contribution in [0.1, 0.15) is 42.9 Å². The molecule has 0 fully saturated rings. The van der Waals surface area contributed by atoms with Crippen molar-refractivity contribution in [3.63, 3.8) is 0 Å². The van der Waals surface area contributed by atoms with Gasteiger partial charge in [-0.15, -0.1) is 0 Å². The van der Waals surface area contributed by atoms with Crippen molar-refractivity contribution in [1.82, 2.24) is 9.30 Å². The number of pyridine rings is 1. The Morgan fingerprint density at radius 2 is 1.58 bits per heavy atom. The van der Waals surface area contributed by atoms with Crippen LogP contribution in [0.3, 0.4) is 0 Å². The second-order valence-corrected chi connectivity index (χ2v) is 13.3. The van der Waals surface area contributed by atoms with Gasteiger partial charge < -0.3 is 33.7 Å². The molecule has 4 aromatic rings. The molecular weight excluding hydrogens is 636 g/mol. The van der Waals surface area contributed by atoms with E-state index in [0.29, 0.717) is 29.4 Å². The largest absolute Gasteiger partial charge is 0.494 e. The number of aliphatic carboxylic acids is 2. The van der Waals surface area contributed by atoms with E-state index in [1.807, 2.05) is 61.8 Å². The highest BCUT2D eigenvalue weighted by atomic mass is 32.2. The summed E-state index contributed by atoms with van der Waals surface area (Å²) in [5.74, 6) is -0.304. The first kappa shape index (κ1) is 37.6. The van der Waals surface area contributed by atoms with Crippen LogP contribution in [0.15, 0.2) is 88.9 Å². The van der Waals surface area contributed by atoms with E-state index < -0.39 is 21.8 Å². The highest BCUT2D eigenvalue weighted by molar-refractivity contribution is 7.91. The normalized spacial score (nSPS) is 11.5. The van der Waals surface area contributed by atoms with Crippen LogP contribution in [0.2, 0.25) is 0 Å². The van der Waals surface area contributed by atoms with Gasteiger partial charge in [0.1, 0.15) is 10.6 Å². The van der Waals surface area contributed by atoms with E-state index in [9.17, 15) is 18.0 Å². The molecule has 0 radical (unpaired) electrons. The van der Waals surface area contributed by atoms with E-state index in [4.69, 9.17) is 24.4 Å².